The minimum absolute atomic E-state index is 1.09. The van der Waals surface area contributed by atoms with Gasteiger partial charge in [0.2, 0.25) is 0 Å². The van der Waals surface area contributed by atoms with E-state index in [2.05, 4.69) is 228 Å². The van der Waals surface area contributed by atoms with Crippen molar-refractivity contribution >= 4 is 65.2 Å². The maximum atomic E-state index is 2.50. The van der Waals surface area contributed by atoms with Gasteiger partial charge in [0.05, 0.1) is 22.1 Å². The summed E-state index contributed by atoms with van der Waals surface area (Å²) in [7, 11) is 0. The maximum Gasteiger partial charge on any atom is 0.0561 e. The second-order valence-electron chi connectivity index (χ2n) is 14.5. The van der Waals surface area contributed by atoms with Crippen LogP contribution in [0.2, 0.25) is 0 Å². The van der Waals surface area contributed by atoms with E-state index in [9.17, 15) is 0 Å². The van der Waals surface area contributed by atoms with Crippen LogP contribution in [0, 0.1) is 0 Å². The van der Waals surface area contributed by atoms with Gasteiger partial charge in [0, 0.05) is 32.9 Å². The summed E-state index contributed by atoms with van der Waals surface area (Å²) in [6.45, 7) is 0. The van der Waals surface area contributed by atoms with Crippen molar-refractivity contribution in [2.45, 2.75) is 0 Å². The molecule has 56 heavy (non-hydrogen) atoms. The molecule has 0 radical (unpaired) electrons. The van der Waals surface area contributed by atoms with Crippen LogP contribution in [0.15, 0.2) is 218 Å². The average molecular weight is 713 g/mol. The van der Waals surface area contributed by atoms with E-state index >= 15 is 0 Å². The molecular formula is C54H36N2. The molecule has 0 aliphatic carbocycles. The molecule has 262 valence electrons. The molecule has 9 aromatic carbocycles. The minimum atomic E-state index is 1.09. The van der Waals surface area contributed by atoms with Crippen molar-refractivity contribution in [3.8, 4) is 33.6 Å². The summed E-state index contributed by atoms with van der Waals surface area (Å²) in [6, 6.07) is 79.8. The van der Waals surface area contributed by atoms with Crippen LogP contribution in [0.3, 0.4) is 0 Å². The third-order valence-electron chi connectivity index (χ3n) is 11.3. The molecule has 11 aromatic rings. The largest absolute Gasteiger partial charge is 0.309 e. The SMILES string of the molecule is c1ccc(-c2ccc3c(c2)c2ccccc2c2ccccc2c2cc(-c4ccccc4)ccc2n3-c2ccc3c4ccccc4n(-c4ccccc4)c3c2)cc1. The van der Waals surface area contributed by atoms with E-state index in [1.165, 1.54) is 76.4 Å². The molecule has 2 heterocycles. The van der Waals surface area contributed by atoms with E-state index in [0.29, 0.717) is 0 Å². The number of nitrogens with zero attached hydrogens (tertiary/aromatic N) is 2. The third kappa shape index (κ3) is 5.19. The molecule has 0 amide bonds. The molecule has 0 atom stereocenters. The van der Waals surface area contributed by atoms with E-state index in [1.54, 1.807) is 0 Å². The Kier molecular flexibility index (Phi) is 7.53. The number of hydrogen-bond donors (Lipinski definition) is 0. The summed E-state index contributed by atoms with van der Waals surface area (Å²) in [4.78, 5) is 0. The fourth-order valence-electron chi connectivity index (χ4n) is 8.78. The van der Waals surface area contributed by atoms with Crippen LogP contribution in [-0.2, 0) is 0 Å². The summed E-state index contributed by atoms with van der Waals surface area (Å²) in [5, 5.41) is 9.67. The summed E-state index contributed by atoms with van der Waals surface area (Å²) in [6.07, 6.45) is 0. The molecule has 0 spiro atoms. The molecule has 2 aromatic heterocycles. The number of para-hydroxylation sites is 2. The fraction of sp³-hybridized carbons (Fsp3) is 0. The van der Waals surface area contributed by atoms with Gasteiger partial charge in [0.15, 0.2) is 0 Å². The van der Waals surface area contributed by atoms with Gasteiger partial charge < -0.3 is 9.13 Å². The fourth-order valence-corrected chi connectivity index (χ4v) is 8.78. The molecule has 11 rings (SSSR count). The Labute approximate surface area is 325 Å². The number of rotatable bonds is 4. The van der Waals surface area contributed by atoms with Crippen molar-refractivity contribution in [3.05, 3.63) is 218 Å². The minimum Gasteiger partial charge on any atom is -0.309 e. The van der Waals surface area contributed by atoms with Crippen LogP contribution >= 0.6 is 0 Å². The number of benzene rings is 9. The number of hydrogen-bond acceptors (Lipinski definition) is 0. The molecule has 0 unspecified atom stereocenters. The van der Waals surface area contributed by atoms with E-state index in [-0.39, 0.29) is 0 Å². The molecule has 0 saturated carbocycles. The van der Waals surface area contributed by atoms with Gasteiger partial charge in [-0.3, -0.25) is 0 Å². The van der Waals surface area contributed by atoms with Gasteiger partial charge in [-0.15, -0.1) is 0 Å². The molecule has 0 fully saturated rings. The number of fused-ring (bicyclic) bond motifs is 10. The van der Waals surface area contributed by atoms with E-state index in [4.69, 9.17) is 0 Å². The van der Waals surface area contributed by atoms with Gasteiger partial charge >= 0.3 is 0 Å². The normalized spacial score (nSPS) is 11.6. The van der Waals surface area contributed by atoms with Crippen molar-refractivity contribution in [3.63, 3.8) is 0 Å². The molecule has 0 aliphatic heterocycles. The summed E-state index contributed by atoms with van der Waals surface area (Å²) in [5.41, 5.74) is 11.6. The Bertz CT molecular complexity index is 3190. The van der Waals surface area contributed by atoms with Crippen molar-refractivity contribution in [1.29, 1.82) is 0 Å². The Morgan fingerprint density at radius 3 is 1.12 bits per heavy atom. The topological polar surface area (TPSA) is 9.86 Å². The van der Waals surface area contributed by atoms with Gasteiger partial charge in [-0.1, -0.05) is 164 Å². The van der Waals surface area contributed by atoms with Gasteiger partial charge in [0.1, 0.15) is 0 Å². The predicted molar refractivity (Wildman–Crippen MR) is 239 cm³/mol. The second-order valence-corrected chi connectivity index (χ2v) is 14.5. The first-order valence-electron chi connectivity index (χ1n) is 19.3. The average Bonchev–Trinajstić information content (AvgIpc) is 3.62. The van der Waals surface area contributed by atoms with Gasteiger partial charge in [-0.25, -0.2) is 0 Å². The zero-order valence-corrected chi connectivity index (χ0v) is 30.7. The zero-order valence-electron chi connectivity index (χ0n) is 30.7. The van der Waals surface area contributed by atoms with Crippen LogP contribution in [0.5, 0.6) is 0 Å². The first-order chi connectivity index (χ1) is 27.8. The lowest BCUT2D eigenvalue weighted by Crippen LogP contribution is -2.00. The zero-order chi connectivity index (χ0) is 37.0. The van der Waals surface area contributed by atoms with Crippen molar-refractivity contribution in [2.75, 3.05) is 0 Å². The Morgan fingerprint density at radius 1 is 0.196 bits per heavy atom. The van der Waals surface area contributed by atoms with Crippen LogP contribution in [0.1, 0.15) is 0 Å². The van der Waals surface area contributed by atoms with Crippen LogP contribution < -0.4 is 0 Å². The Balaban J connectivity index is 1.37. The van der Waals surface area contributed by atoms with E-state index in [0.717, 1.165) is 22.4 Å². The second kappa shape index (κ2) is 13.2. The lowest BCUT2D eigenvalue weighted by Gasteiger charge is -2.16. The molecule has 2 heteroatoms. The van der Waals surface area contributed by atoms with Gasteiger partial charge in [-0.2, -0.15) is 0 Å². The first kappa shape index (κ1) is 32.0. The van der Waals surface area contributed by atoms with Crippen LogP contribution in [0.4, 0.5) is 0 Å². The lowest BCUT2D eigenvalue weighted by molar-refractivity contribution is 1.15. The van der Waals surface area contributed by atoms with Crippen molar-refractivity contribution < 1.29 is 0 Å². The predicted octanol–water partition coefficient (Wildman–Crippen LogP) is 14.6. The Hall–Kier alpha value is -7.42. The Morgan fingerprint density at radius 2 is 0.589 bits per heavy atom. The molecule has 0 N–H and O–H groups in total. The quantitative estimate of drug-likeness (QED) is 0.172. The monoisotopic (exact) mass is 712 g/mol. The standard InChI is InChI=1S/C54H36N2/c1-4-16-37(17-5-1)39-28-32-52-49(34-39)45-24-12-10-22-43(45)44-23-11-13-25-46(44)50-35-40(38-18-6-2-7-19-38)29-33-53(50)56(52)42-30-31-48-47-26-14-15-27-51(47)55(54(48)36-42)41-20-8-3-9-21-41/h1-36H. The number of aromatic nitrogens is 2. The highest BCUT2D eigenvalue weighted by molar-refractivity contribution is 6.20. The van der Waals surface area contributed by atoms with Gasteiger partial charge in [-0.05, 0) is 98.4 Å². The first-order valence-corrected chi connectivity index (χ1v) is 19.3. The molecule has 0 bridgehead atoms. The molecule has 2 nitrogen and oxygen atoms in total. The maximum absolute atomic E-state index is 2.50. The van der Waals surface area contributed by atoms with Crippen LogP contribution in [0.25, 0.3) is 98.8 Å². The summed E-state index contributed by atoms with van der Waals surface area (Å²) >= 11 is 0. The molecule has 0 saturated heterocycles. The highest BCUT2D eigenvalue weighted by Gasteiger charge is 2.17. The van der Waals surface area contributed by atoms with Crippen molar-refractivity contribution in [1.82, 2.24) is 9.13 Å². The highest BCUT2D eigenvalue weighted by Crippen LogP contribution is 2.39. The molecular weight excluding hydrogens is 677 g/mol. The molecule has 0 aliphatic rings. The van der Waals surface area contributed by atoms with Crippen molar-refractivity contribution in [2.24, 2.45) is 0 Å². The van der Waals surface area contributed by atoms with E-state index < -0.39 is 0 Å². The van der Waals surface area contributed by atoms with Crippen LogP contribution in [-0.4, -0.2) is 9.13 Å². The lowest BCUT2D eigenvalue weighted by atomic mass is 9.98. The highest BCUT2D eigenvalue weighted by atomic mass is 15.0. The summed E-state index contributed by atoms with van der Waals surface area (Å²) < 4.78 is 4.91. The van der Waals surface area contributed by atoms with Gasteiger partial charge in [0.25, 0.3) is 0 Å². The smallest absolute Gasteiger partial charge is 0.0561 e. The van der Waals surface area contributed by atoms with E-state index in [1.807, 2.05) is 0 Å². The summed E-state index contributed by atoms with van der Waals surface area (Å²) in [5.74, 6) is 0. The third-order valence-corrected chi connectivity index (χ3v) is 11.3.